The molecular weight excluding hydrogens is 265 g/mol. The monoisotopic (exact) mass is 287 g/mol. The van der Waals surface area contributed by atoms with Gasteiger partial charge >= 0.3 is 0 Å². The van der Waals surface area contributed by atoms with E-state index < -0.39 is 11.6 Å². The van der Waals surface area contributed by atoms with Crippen molar-refractivity contribution >= 4 is 11.6 Å². The van der Waals surface area contributed by atoms with Gasteiger partial charge in [-0.3, -0.25) is 4.90 Å². The van der Waals surface area contributed by atoms with Crippen molar-refractivity contribution in [2.75, 3.05) is 13.1 Å². The van der Waals surface area contributed by atoms with Gasteiger partial charge in [0.1, 0.15) is 5.82 Å². The van der Waals surface area contributed by atoms with E-state index in [1.54, 1.807) is 0 Å². The van der Waals surface area contributed by atoms with Crippen LogP contribution in [0.1, 0.15) is 45.8 Å². The molecule has 0 fully saturated rings. The first-order valence-electron chi connectivity index (χ1n) is 6.78. The SMILES string of the molecule is CCN(CC)C(C)(CC)C(O)c1cc(F)ccc1Cl. The summed E-state index contributed by atoms with van der Waals surface area (Å²) in [5, 5.41) is 11.1. The van der Waals surface area contributed by atoms with E-state index in [-0.39, 0.29) is 5.82 Å². The highest BCUT2D eigenvalue weighted by molar-refractivity contribution is 6.31. The lowest BCUT2D eigenvalue weighted by atomic mass is 9.85. The first-order chi connectivity index (χ1) is 8.90. The van der Waals surface area contributed by atoms with E-state index in [1.807, 2.05) is 13.8 Å². The van der Waals surface area contributed by atoms with E-state index in [1.165, 1.54) is 18.2 Å². The number of nitrogens with zero attached hydrogens (tertiary/aromatic N) is 1. The number of aliphatic hydroxyl groups excluding tert-OH is 1. The van der Waals surface area contributed by atoms with Crippen molar-refractivity contribution in [3.05, 3.63) is 34.6 Å². The Balaban J connectivity index is 3.20. The van der Waals surface area contributed by atoms with Gasteiger partial charge in [-0.05, 0) is 44.6 Å². The van der Waals surface area contributed by atoms with Crippen molar-refractivity contribution in [3.8, 4) is 0 Å². The molecule has 1 aromatic carbocycles. The van der Waals surface area contributed by atoms with E-state index in [0.29, 0.717) is 10.6 Å². The normalized spacial score (nSPS) is 16.4. The highest BCUT2D eigenvalue weighted by atomic mass is 35.5. The van der Waals surface area contributed by atoms with Gasteiger partial charge in [0.05, 0.1) is 6.10 Å². The Morgan fingerprint density at radius 3 is 2.37 bits per heavy atom. The van der Waals surface area contributed by atoms with Crippen LogP contribution in [-0.2, 0) is 0 Å². The molecule has 1 aromatic rings. The summed E-state index contributed by atoms with van der Waals surface area (Å²) >= 11 is 6.10. The van der Waals surface area contributed by atoms with Crippen molar-refractivity contribution in [1.82, 2.24) is 4.90 Å². The minimum atomic E-state index is -0.819. The zero-order valence-electron chi connectivity index (χ0n) is 12.1. The number of likely N-dealkylation sites (N-methyl/N-ethyl adjacent to an activating group) is 1. The van der Waals surface area contributed by atoms with Gasteiger partial charge in [-0.1, -0.05) is 32.4 Å². The van der Waals surface area contributed by atoms with Crippen LogP contribution in [-0.4, -0.2) is 28.6 Å². The Hall–Kier alpha value is -0.640. The summed E-state index contributed by atoms with van der Waals surface area (Å²) in [5.41, 5.74) is -0.00100. The summed E-state index contributed by atoms with van der Waals surface area (Å²) in [6.45, 7) is 9.77. The fourth-order valence-corrected chi connectivity index (χ4v) is 2.82. The predicted molar refractivity (Wildman–Crippen MR) is 78.0 cm³/mol. The van der Waals surface area contributed by atoms with Gasteiger partial charge in [0, 0.05) is 16.1 Å². The molecule has 0 saturated carbocycles. The first-order valence-corrected chi connectivity index (χ1v) is 7.16. The molecule has 19 heavy (non-hydrogen) atoms. The second-order valence-corrected chi connectivity index (χ2v) is 5.36. The van der Waals surface area contributed by atoms with E-state index in [9.17, 15) is 9.50 Å². The van der Waals surface area contributed by atoms with Crippen molar-refractivity contribution in [1.29, 1.82) is 0 Å². The summed E-state index contributed by atoms with van der Waals surface area (Å²) < 4.78 is 13.4. The molecule has 0 aliphatic carbocycles. The zero-order chi connectivity index (χ0) is 14.6. The molecule has 108 valence electrons. The number of rotatable bonds is 6. The quantitative estimate of drug-likeness (QED) is 0.854. The molecule has 0 bridgehead atoms. The second-order valence-electron chi connectivity index (χ2n) is 4.95. The van der Waals surface area contributed by atoms with Crippen LogP contribution in [0.15, 0.2) is 18.2 Å². The van der Waals surface area contributed by atoms with Crippen LogP contribution >= 0.6 is 11.6 Å². The Labute approximate surface area is 120 Å². The van der Waals surface area contributed by atoms with Gasteiger partial charge in [-0.2, -0.15) is 0 Å². The number of hydrogen-bond acceptors (Lipinski definition) is 2. The Morgan fingerprint density at radius 1 is 1.32 bits per heavy atom. The predicted octanol–water partition coefficient (Wildman–Crippen LogP) is 4.02. The van der Waals surface area contributed by atoms with Crippen LogP contribution in [0, 0.1) is 5.82 Å². The lowest BCUT2D eigenvalue weighted by Crippen LogP contribution is -2.50. The largest absolute Gasteiger partial charge is 0.386 e. The summed E-state index contributed by atoms with van der Waals surface area (Å²) in [5.74, 6) is -0.378. The molecular formula is C15H23ClFNO. The highest BCUT2D eigenvalue weighted by Gasteiger charge is 2.37. The minimum Gasteiger partial charge on any atom is -0.386 e. The van der Waals surface area contributed by atoms with Gasteiger partial charge < -0.3 is 5.11 Å². The van der Waals surface area contributed by atoms with Gasteiger partial charge in [0.2, 0.25) is 0 Å². The third-order valence-electron chi connectivity index (χ3n) is 4.04. The molecule has 2 atom stereocenters. The second kappa shape index (κ2) is 6.69. The molecule has 0 spiro atoms. The maximum atomic E-state index is 13.4. The van der Waals surface area contributed by atoms with E-state index in [2.05, 4.69) is 18.7 Å². The number of benzene rings is 1. The lowest BCUT2D eigenvalue weighted by Gasteiger charge is -2.43. The van der Waals surface area contributed by atoms with Gasteiger partial charge in [-0.15, -0.1) is 0 Å². The van der Waals surface area contributed by atoms with E-state index in [0.717, 1.165) is 19.5 Å². The molecule has 0 aromatic heterocycles. The smallest absolute Gasteiger partial charge is 0.123 e. The topological polar surface area (TPSA) is 23.5 Å². The average molecular weight is 288 g/mol. The van der Waals surface area contributed by atoms with E-state index >= 15 is 0 Å². The number of halogens is 2. The van der Waals surface area contributed by atoms with Crippen LogP contribution in [0.3, 0.4) is 0 Å². The van der Waals surface area contributed by atoms with Crippen molar-refractivity contribution in [2.45, 2.75) is 45.8 Å². The molecule has 0 amide bonds. The Bertz CT molecular complexity index is 423. The average Bonchev–Trinajstić information content (AvgIpc) is 2.41. The summed E-state index contributed by atoms with van der Waals surface area (Å²) in [7, 11) is 0. The molecule has 0 saturated heterocycles. The molecule has 2 nitrogen and oxygen atoms in total. The molecule has 1 rings (SSSR count). The fourth-order valence-electron chi connectivity index (χ4n) is 2.60. The third kappa shape index (κ3) is 3.28. The number of aliphatic hydroxyl groups is 1. The van der Waals surface area contributed by atoms with Crippen molar-refractivity contribution in [2.24, 2.45) is 0 Å². The maximum absolute atomic E-state index is 13.4. The Kier molecular flexibility index (Phi) is 5.78. The highest BCUT2D eigenvalue weighted by Crippen LogP contribution is 2.37. The fraction of sp³-hybridized carbons (Fsp3) is 0.600. The third-order valence-corrected chi connectivity index (χ3v) is 4.39. The molecule has 0 aliphatic rings. The standard InChI is InChI=1S/C15H23ClFNO/c1-5-15(4,18(6-2)7-3)14(19)12-10-11(17)8-9-13(12)16/h8-10,14,19H,5-7H2,1-4H3. The van der Waals surface area contributed by atoms with Crippen LogP contribution in [0.5, 0.6) is 0 Å². The summed E-state index contributed by atoms with van der Waals surface area (Å²) in [6, 6.07) is 4.12. The molecule has 0 radical (unpaired) electrons. The van der Waals surface area contributed by atoms with Crippen LogP contribution in [0.2, 0.25) is 5.02 Å². The van der Waals surface area contributed by atoms with Gasteiger partial charge in [0.15, 0.2) is 0 Å². The van der Waals surface area contributed by atoms with Crippen LogP contribution in [0.25, 0.3) is 0 Å². The van der Waals surface area contributed by atoms with Gasteiger partial charge in [-0.25, -0.2) is 4.39 Å². The molecule has 0 heterocycles. The summed E-state index contributed by atoms with van der Waals surface area (Å²) in [6.07, 6.45) is -0.0662. The van der Waals surface area contributed by atoms with Crippen molar-refractivity contribution < 1.29 is 9.50 Å². The van der Waals surface area contributed by atoms with Crippen LogP contribution in [0.4, 0.5) is 4.39 Å². The minimum absolute atomic E-state index is 0.378. The lowest BCUT2D eigenvalue weighted by molar-refractivity contribution is -0.0214. The first kappa shape index (κ1) is 16.4. The summed E-state index contributed by atoms with van der Waals surface area (Å²) in [4.78, 5) is 2.18. The zero-order valence-corrected chi connectivity index (χ0v) is 12.8. The van der Waals surface area contributed by atoms with Gasteiger partial charge in [0.25, 0.3) is 0 Å². The van der Waals surface area contributed by atoms with Crippen LogP contribution < -0.4 is 0 Å². The van der Waals surface area contributed by atoms with E-state index in [4.69, 9.17) is 11.6 Å². The number of hydrogen-bond donors (Lipinski definition) is 1. The molecule has 4 heteroatoms. The van der Waals surface area contributed by atoms with Crippen molar-refractivity contribution in [3.63, 3.8) is 0 Å². The molecule has 1 N–H and O–H groups in total. The molecule has 2 unspecified atom stereocenters. The molecule has 0 aliphatic heterocycles. The maximum Gasteiger partial charge on any atom is 0.123 e. The Morgan fingerprint density at radius 2 is 1.89 bits per heavy atom.